The molecule has 1 aromatic heterocycles. The number of rotatable bonds is 6. The number of aromatic nitrogens is 1. The fraction of sp³-hybridized carbons (Fsp3) is 0.615. The van der Waals surface area contributed by atoms with Gasteiger partial charge in [0, 0.05) is 32.8 Å². The Morgan fingerprint density at radius 1 is 1.56 bits per heavy atom. The molecular weight excluding hydrogens is 230 g/mol. The Morgan fingerprint density at radius 3 is 3.11 bits per heavy atom. The van der Waals surface area contributed by atoms with Crippen molar-refractivity contribution < 1.29 is 9.26 Å². The summed E-state index contributed by atoms with van der Waals surface area (Å²) in [5.41, 5.74) is 2.35. The SMILES string of the molecule is CNCc1cc(CN2CC=C(COC)CC2)on1. The summed E-state index contributed by atoms with van der Waals surface area (Å²) in [6.45, 7) is 4.34. The third-order valence-corrected chi connectivity index (χ3v) is 3.06. The maximum absolute atomic E-state index is 5.32. The predicted octanol–water partition coefficient (Wildman–Crippen LogP) is 1.17. The van der Waals surface area contributed by atoms with Gasteiger partial charge in [0.2, 0.25) is 0 Å². The average molecular weight is 251 g/mol. The van der Waals surface area contributed by atoms with Crippen LogP contribution in [0.3, 0.4) is 0 Å². The van der Waals surface area contributed by atoms with Crippen molar-refractivity contribution in [3.8, 4) is 0 Å². The van der Waals surface area contributed by atoms with Crippen LogP contribution in [0, 0.1) is 0 Å². The van der Waals surface area contributed by atoms with Crippen LogP contribution in [0.4, 0.5) is 0 Å². The van der Waals surface area contributed by atoms with Gasteiger partial charge in [-0.25, -0.2) is 0 Å². The second kappa shape index (κ2) is 6.68. The molecule has 1 aliphatic heterocycles. The van der Waals surface area contributed by atoms with Crippen LogP contribution in [0.2, 0.25) is 0 Å². The van der Waals surface area contributed by atoms with Gasteiger partial charge in [-0.05, 0) is 19.0 Å². The topological polar surface area (TPSA) is 50.5 Å². The van der Waals surface area contributed by atoms with Gasteiger partial charge in [-0.3, -0.25) is 4.90 Å². The molecule has 0 unspecified atom stereocenters. The number of nitrogens with one attached hydrogen (secondary N) is 1. The van der Waals surface area contributed by atoms with E-state index in [1.807, 2.05) is 13.1 Å². The van der Waals surface area contributed by atoms with E-state index >= 15 is 0 Å². The molecule has 1 aliphatic rings. The Labute approximate surface area is 108 Å². The molecule has 0 radical (unpaired) electrons. The molecular formula is C13H21N3O2. The standard InChI is InChI=1S/C13H21N3O2/c1-14-8-12-7-13(18-15-12)9-16-5-3-11(4-6-16)10-17-2/h3,7,14H,4-6,8-10H2,1-2H3. The molecule has 0 atom stereocenters. The minimum absolute atomic E-state index is 0.751. The highest BCUT2D eigenvalue weighted by Gasteiger charge is 2.14. The second-order valence-electron chi connectivity index (χ2n) is 4.60. The minimum atomic E-state index is 0.751. The fourth-order valence-corrected chi connectivity index (χ4v) is 2.13. The first-order valence-electron chi connectivity index (χ1n) is 6.30. The van der Waals surface area contributed by atoms with E-state index in [0.717, 1.165) is 50.7 Å². The molecule has 0 bridgehead atoms. The lowest BCUT2D eigenvalue weighted by molar-refractivity contribution is 0.204. The molecule has 2 heterocycles. The zero-order chi connectivity index (χ0) is 12.8. The molecule has 2 rings (SSSR count). The number of hydrogen-bond acceptors (Lipinski definition) is 5. The normalized spacial score (nSPS) is 16.9. The molecule has 0 aromatic carbocycles. The zero-order valence-corrected chi connectivity index (χ0v) is 11.1. The number of ether oxygens (including phenoxy) is 1. The molecule has 0 fully saturated rings. The highest BCUT2D eigenvalue weighted by molar-refractivity contribution is 5.10. The summed E-state index contributed by atoms with van der Waals surface area (Å²) < 4.78 is 10.5. The Morgan fingerprint density at radius 2 is 2.44 bits per heavy atom. The first kappa shape index (κ1) is 13.3. The lowest BCUT2D eigenvalue weighted by Gasteiger charge is -2.24. The van der Waals surface area contributed by atoms with E-state index < -0.39 is 0 Å². The van der Waals surface area contributed by atoms with Crippen molar-refractivity contribution in [1.29, 1.82) is 0 Å². The van der Waals surface area contributed by atoms with E-state index in [9.17, 15) is 0 Å². The van der Waals surface area contributed by atoms with Crippen molar-refractivity contribution in [1.82, 2.24) is 15.4 Å². The number of nitrogens with zero attached hydrogens (tertiary/aromatic N) is 2. The summed E-state index contributed by atoms with van der Waals surface area (Å²) in [6, 6.07) is 2.02. The maximum Gasteiger partial charge on any atom is 0.151 e. The Kier molecular flexibility index (Phi) is 4.92. The minimum Gasteiger partial charge on any atom is -0.380 e. The third-order valence-electron chi connectivity index (χ3n) is 3.06. The third kappa shape index (κ3) is 3.66. The Bertz CT molecular complexity index is 401. The van der Waals surface area contributed by atoms with Crippen LogP contribution in [-0.4, -0.2) is 43.9 Å². The van der Waals surface area contributed by atoms with E-state index in [4.69, 9.17) is 9.26 Å². The monoisotopic (exact) mass is 251 g/mol. The van der Waals surface area contributed by atoms with Gasteiger partial charge in [0.15, 0.2) is 5.76 Å². The van der Waals surface area contributed by atoms with Crippen LogP contribution in [0.1, 0.15) is 17.9 Å². The Hall–Kier alpha value is -1.17. The average Bonchev–Trinajstić information content (AvgIpc) is 2.80. The van der Waals surface area contributed by atoms with Gasteiger partial charge in [-0.2, -0.15) is 0 Å². The molecule has 1 N–H and O–H groups in total. The van der Waals surface area contributed by atoms with Gasteiger partial charge in [0.25, 0.3) is 0 Å². The fourth-order valence-electron chi connectivity index (χ4n) is 2.13. The largest absolute Gasteiger partial charge is 0.380 e. The molecule has 18 heavy (non-hydrogen) atoms. The van der Waals surface area contributed by atoms with Crippen molar-refractivity contribution >= 4 is 0 Å². The van der Waals surface area contributed by atoms with Crippen LogP contribution in [-0.2, 0) is 17.8 Å². The van der Waals surface area contributed by atoms with Crippen molar-refractivity contribution in [3.63, 3.8) is 0 Å². The summed E-state index contributed by atoms with van der Waals surface area (Å²) in [6.07, 6.45) is 3.32. The summed E-state index contributed by atoms with van der Waals surface area (Å²) >= 11 is 0. The molecule has 0 aliphatic carbocycles. The van der Waals surface area contributed by atoms with Gasteiger partial charge in [-0.1, -0.05) is 11.2 Å². The highest BCUT2D eigenvalue weighted by Crippen LogP contribution is 2.14. The van der Waals surface area contributed by atoms with Crippen LogP contribution in [0.5, 0.6) is 0 Å². The van der Waals surface area contributed by atoms with Gasteiger partial charge in [-0.15, -0.1) is 0 Å². The molecule has 0 amide bonds. The highest BCUT2D eigenvalue weighted by atomic mass is 16.5. The summed E-state index contributed by atoms with van der Waals surface area (Å²) in [4.78, 5) is 2.35. The quantitative estimate of drug-likeness (QED) is 0.769. The van der Waals surface area contributed by atoms with Gasteiger partial charge < -0.3 is 14.6 Å². The number of methoxy groups -OCH3 is 1. The molecule has 0 saturated heterocycles. The summed E-state index contributed by atoms with van der Waals surface area (Å²) in [7, 11) is 3.64. The lowest BCUT2D eigenvalue weighted by Crippen LogP contribution is -2.28. The molecule has 100 valence electrons. The smallest absolute Gasteiger partial charge is 0.151 e. The molecule has 1 aromatic rings. The Balaban J connectivity index is 1.83. The van der Waals surface area contributed by atoms with E-state index in [1.165, 1.54) is 5.57 Å². The van der Waals surface area contributed by atoms with Crippen molar-refractivity contribution in [3.05, 3.63) is 29.2 Å². The van der Waals surface area contributed by atoms with Crippen LogP contribution in [0.15, 0.2) is 22.2 Å². The molecule has 5 nitrogen and oxygen atoms in total. The van der Waals surface area contributed by atoms with Crippen LogP contribution in [0.25, 0.3) is 0 Å². The summed E-state index contributed by atoms with van der Waals surface area (Å²) in [5.74, 6) is 0.934. The first-order chi connectivity index (χ1) is 8.81. The zero-order valence-electron chi connectivity index (χ0n) is 11.1. The van der Waals surface area contributed by atoms with Crippen LogP contribution < -0.4 is 5.32 Å². The molecule has 5 heteroatoms. The van der Waals surface area contributed by atoms with Gasteiger partial charge >= 0.3 is 0 Å². The van der Waals surface area contributed by atoms with E-state index in [0.29, 0.717) is 0 Å². The predicted molar refractivity (Wildman–Crippen MR) is 69.1 cm³/mol. The summed E-state index contributed by atoms with van der Waals surface area (Å²) in [5, 5.41) is 7.08. The van der Waals surface area contributed by atoms with Gasteiger partial charge in [0.05, 0.1) is 18.8 Å². The first-order valence-corrected chi connectivity index (χ1v) is 6.30. The van der Waals surface area contributed by atoms with Crippen molar-refractivity contribution in [2.75, 3.05) is 33.9 Å². The maximum atomic E-state index is 5.32. The molecule has 0 saturated carbocycles. The van der Waals surface area contributed by atoms with Crippen molar-refractivity contribution in [2.45, 2.75) is 19.5 Å². The van der Waals surface area contributed by atoms with E-state index in [1.54, 1.807) is 7.11 Å². The lowest BCUT2D eigenvalue weighted by atomic mass is 10.1. The van der Waals surface area contributed by atoms with E-state index in [2.05, 4.69) is 21.4 Å². The molecule has 0 spiro atoms. The van der Waals surface area contributed by atoms with Crippen LogP contribution >= 0.6 is 0 Å². The van der Waals surface area contributed by atoms with E-state index in [-0.39, 0.29) is 0 Å². The number of hydrogen-bond donors (Lipinski definition) is 1. The van der Waals surface area contributed by atoms with Crippen molar-refractivity contribution in [2.24, 2.45) is 0 Å². The second-order valence-corrected chi connectivity index (χ2v) is 4.60. The van der Waals surface area contributed by atoms with Gasteiger partial charge in [0.1, 0.15) is 0 Å².